The summed E-state index contributed by atoms with van der Waals surface area (Å²) in [5.74, 6) is -0.275. The molecule has 1 heterocycles. The van der Waals surface area contributed by atoms with Crippen molar-refractivity contribution in [2.45, 2.75) is 24.9 Å². The van der Waals surface area contributed by atoms with Gasteiger partial charge < -0.3 is 15.0 Å². The number of nitrogens with zero attached hydrogens (tertiary/aromatic N) is 2. The molecule has 1 amide bonds. The van der Waals surface area contributed by atoms with Crippen LogP contribution in [0.25, 0.3) is 0 Å². The summed E-state index contributed by atoms with van der Waals surface area (Å²) in [6.07, 6.45) is 1.77. The van der Waals surface area contributed by atoms with Crippen molar-refractivity contribution in [3.05, 3.63) is 82.4 Å². The Morgan fingerprint density at radius 2 is 1.82 bits per heavy atom. The molecule has 0 unspecified atom stereocenters. The topological polar surface area (TPSA) is 67.1 Å². The lowest BCUT2D eigenvalue weighted by Crippen LogP contribution is -2.24. The van der Waals surface area contributed by atoms with Crippen LogP contribution >= 0.6 is 23.4 Å². The second-order valence-electron chi connectivity index (χ2n) is 6.12. The van der Waals surface area contributed by atoms with Gasteiger partial charge >= 0.3 is 0 Å². The van der Waals surface area contributed by atoms with E-state index in [0.717, 1.165) is 11.1 Å². The Labute approximate surface area is 171 Å². The van der Waals surface area contributed by atoms with Crippen molar-refractivity contribution in [3.63, 3.8) is 0 Å². The van der Waals surface area contributed by atoms with E-state index in [2.05, 4.69) is 10.3 Å². The molecule has 2 N–H and O–H groups in total. The van der Waals surface area contributed by atoms with Crippen LogP contribution in [0.15, 0.2) is 59.9 Å². The first kappa shape index (κ1) is 20.4. The molecule has 0 saturated heterocycles. The van der Waals surface area contributed by atoms with Gasteiger partial charge in [-0.3, -0.25) is 4.79 Å². The Morgan fingerprint density at radius 1 is 1.14 bits per heavy atom. The van der Waals surface area contributed by atoms with E-state index in [0.29, 0.717) is 29.0 Å². The number of halogens is 2. The van der Waals surface area contributed by atoms with Gasteiger partial charge in [-0.2, -0.15) is 0 Å². The summed E-state index contributed by atoms with van der Waals surface area (Å²) in [7, 11) is 0. The minimum atomic E-state index is -0.308. The lowest BCUT2D eigenvalue weighted by Gasteiger charge is -2.08. The molecule has 0 radical (unpaired) electrons. The predicted octanol–water partition coefficient (Wildman–Crippen LogP) is 3.62. The number of aromatic nitrogens is 2. The molecule has 5 nitrogen and oxygen atoms in total. The zero-order valence-corrected chi connectivity index (χ0v) is 16.5. The Bertz CT molecular complexity index is 930. The lowest BCUT2D eigenvalue weighted by atomic mass is 10.2. The van der Waals surface area contributed by atoms with E-state index < -0.39 is 0 Å². The van der Waals surface area contributed by atoms with Crippen molar-refractivity contribution in [3.8, 4) is 0 Å². The summed E-state index contributed by atoms with van der Waals surface area (Å²) >= 11 is 7.21. The monoisotopic (exact) mass is 419 g/mol. The highest BCUT2D eigenvalue weighted by atomic mass is 35.5. The largest absolute Gasteiger partial charge is 0.390 e. The van der Waals surface area contributed by atoms with Gasteiger partial charge in [-0.25, -0.2) is 9.37 Å². The molecule has 3 aromatic rings. The molecule has 0 aliphatic heterocycles. The fourth-order valence-electron chi connectivity index (χ4n) is 2.53. The molecule has 0 saturated carbocycles. The highest BCUT2D eigenvalue weighted by Gasteiger charge is 2.11. The van der Waals surface area contributed by atoms with E-state index in [1.807, 2.05) is 28.8 Å². The molecule has 2 aromatic carbocycles. The van der Waals surface area contributed by atoms with E-state index in [1.165, 1.54) is 23.9 Å². The third kappa shape index (κ3) is 5.82. The van der Waals surface area contributed by atoms with Gasteiger partial charge in [-0.05, 0) is 35.4 Å². The quantitative estimate of drug-likeness (QED) is 0.547. The van der Waals surface area contributed by atoms with Gasteiger partial charge in [0.25, 0.3) is 0 Å². The van der Waals surface area contributed by atoms with Crippen molar-refractivity contribution >= 4 is 29.3 Å². The molecule has 1 aromatic heterocycles. The Morgan fingerprint density at radius 3 is 2.50 bits per heavy atom. The van der Waals surface area contributed by atoms with Crippen molar-refractivity contribution in [1.29, 1.82) is 0 Å². The number of benzene rings is 2. The normalized spacial score (nSPS) is 10.8. The molecular weight excluding hydrogens is 401 g/mol. The maximum atomic E-state index is 12.9. The van der Waals surface area contributed by atoms with Crippen LogP contribution in [-0.2, 0) is 24.5 Å². The molecule has 0 spiro atoms. The summed E-state index contributed by atoms with van der Waals surface area (Å²) in [6, 6.07) is 13.5. The zero-order chi connectivity index (χ0) is 19.9. The molecule has 0 aliphatic rings. The number of carbonyl (C=O) groups excluding carboxylic acids is 1. The number of imidazole rings is 1. The van der Waals surface area contributed by atoms with E-state index >= 15 is 0 Å². The number of hydrogen-bond acceptors (Lipinski definition) is 4. The number of nitrogens with one attached hydrogen (secondary N) is 1. The molecular formula is C20H19ClFN3O2S. The molecule has 0 atom stereocenters. The zero-order valence-electron chi connectivity index (χ0n) is 14.9. The summed E-state index contributed by atoms with van der Waals surface area (Å²) < 4.78 is 14.8. The summed E-state index contributed by atoms with van der Waals surface area (Å²) in [5.41, 5.74) is 2.41. The summed E-state index contributed by atoms with van der Waals surface area (Å²) in [4.78, 5) is 16.5. The number of rotatable bonds is 8. The molecule has 0 bridgehead atoms. The maximum Gasteiger partial charge on any atom is 0.230 e. The summed E-state index contributed by atoms with van der Waals surface area (Å²) in [6.45, 7) is 0.725. The van der Waals surface area contributed by atoms with Crippen LogP contribution < -0.4 is 5.32 Å². The number of amides is 1. The third-order valence-corrected chi connectivity index (χ3v) is 5.20. The van der Waals surface area contributed by atoms with Gasteiger partial charge in [0, 0.05) is 24.3 Å². The minimum absolute atomic E-state index is 0.152. The number of carbonyl (C=O) groups is 1. The first-order valence-electron chi connectivity index (χ1n) is 8.59. The first-order chi connectivity index (χ1) is 13.5. The molecule has 0 fully saturated rings. The van der Waals surface area contributed by atoms with Crippen LogP contribution in [0.1, 0.15) is 16.8 Å². The van der Waals surface area contributed by atoms with Crippen LogP contribution in [0.4, 0.5) is 4.39 Å². The predicted molar refractivity (Wildman–Crippen MR) is 108 cm³/mol. The highest BCUT2D eigenvalue weighted by molar-refractivity contribution is 7.99. The molecule has 3 rings (SSSR count). The highest BCUT2D eigenvalue weighted by Crippen LogP contribution is 2.20. The average Bonchev–Trinajstić information content (AvgIpc) is 3.09. The van der Waals surface area contributed by atoms with Gasteiger partial charge in [0.1, 0.15) is 5.82 Å². The van der Waals surface area contributed by atoms with E-state index in [1.54, 1.807) is 18.3 Å². The average molecular weight is 420 g/mol. The Balaban J connectivity index is 1.58. The number of aliphatic hydroxyl groups is 1. The van der Waals surface area contributed by atoms with Gasteiger partial charge in [0.2, 0.25) is 5.91 Å². The number of hydrogen-bond donors (Lipinski definition) is 2. The fourth-order valence-corrected chi connectivity index (χ4v) is 3.48. The Hall–Kier alpha value is -2.35. The first-order valence-corrected chi connectivity index (χ1v) is 9.95. The fraction of sp³-hybridized carbons (Fsp3) is 0.200. The number of aliphatic hydroxyl groups excluding tert-OH is 1. The SMILES string of the molecule is O=C(CSc1nc(CO)cn1Cc1ccc(Cl)cc1)NCc1ccc(F)cc1. The molecule has 8 heteroatoms. The van der Waals surface area contributed by atoms with E-state index in [9.17, 15) is 14.3 Å². The van der Waals surface area contributed by atoms with Crippen LogP contribution in [0.3, 0.4) is 0 Å². The standard InChI is InChI=1S/C20H19ClFN3O2S/c21-16-5-1-15(2-6-16)10-25-11-18(12-26)24-20(25)28-13-19(27)23-9-14-3-7-17(22)8-4-14/h1-8,11,26H,9-10,12-13H2,(H,23,27). The van der Waals surface area contributed by atoms with Gasteiger partial charge in [-0.1, -0.05) is 47.6 Å². The second kappa shape index (κ2) is 9.73. The van der Waals surface area contributed by atoms with Gasteiger partial charge in [-0.15, -0.1) is 0 Å². The lowest BCUT2D eigenvalue weighted by molar-refractivity contribution is -0.118. The molecule has 146 valence electrons. The van der Waals surface area contributed by atoms with Crippen molar-refractivity contribution in [1.82, 2.24) is 14.9 Å². The minimum Gasteiger partial charge on any atom is -0.390 e. The van der Waals surface area contributed by atoms with Crippen LogP contribution in [0, 0.1) is 5.82 Å². The van der Waals surface area contributed by atoms with Crippen LogP contribution in [0.5, 0.6) is 0 Å². The van der Waals surface area contributed by atoms with Crippen LogP contribution in [-0.4, -0.2) is 26.3 Å². The Kier molecular flexibility index (Phi) is 7.08. The smallest absolute Gasteiger partial charge is 0.230 e. The number of thioether (sulfide) groups is 1. The molecule has 0 aliphatic carbocycles. The van der Waals surface area contributed by atoms with Crippen molar-refractivity contribution < 1.29 is 14.3 Å². The summed E-state index contributed by atoms with van der Waals surface area (Å²) in [5, 5.41) is 13.5. The van der Waals surface area contributed by atoms with E-state index in [4.69, 9.17) is 11.6 Å². The second-order valence-corrected chi connectivity index (χ2v) is 7.50. The molecule has 28 heavy (non-hydrogen) atoms. The van der Waals surface area contributed by atoms with Gasteiger partial charge in [0.05, 0.1) is 18.1 Å². The van der Waals surface area contributed by atoms with E-state index in [-0.39, 0.29) is 24.1 Å². The third-order valence-electron chi connectivity index (χ3n) is 3.95. The van der Waals surface area contributed by atoms with Crippen molar-refractivity contribution in [2.24, 2.45) is 0 Å². The van der Waals surface area contributed by atoms with Crippen LogP contribution in [0.2, 0.25) is 5.02 Å². The van der Waals surface area contributed by atoms with Crippen molar-refractivity contribution in [2.75, 3.05) is 5.75 Å². The maximum absolute atomic E-state index is 12.9. The van der Waals surface area contributed by atoms with Gasteiger partial charge in [0.15, 0.2) is 5.16 Å².